The first-order valence-electron chi connectivity index (χ1n) is 7.94. The number of likely N-dealkylation sites (N-methyl/N-ethyl adjacent to an activating group) is 1. The molecule has 1 saturated heterocycles. The van der Waals surface area contributed by atoms with Crippen LogP contribution in [0.3, 0.4) is 0 Å². The Morgan fingerprint density at radius 2 is 1.89 bits per heavy atom. The van der Waals surface area contributed by atoms with Crippen LogP contribution < -0.4 is 5.73 Å². The fourth-order valence-electron chi connectivity index (χ4n) is 2.94. The molecule has 19 heavy (non-hydrogen) atoms. The second-order valence-electron chi connectivity index (χ2n) is 5.46. The Hall–Kier alpha value is -0.610. The third kappa shape index (κ3) is 5.49. The number of amides is 1. The predicted octanol–water partition coefficient (Wildman–Crippen LogP) is 1.84. The lowest BCUT2D eigenvalue weighted by Gasteiger charge is -2.26. The molecule has 4 nitrogen and oxygen atoms in total. The van der Waals surface area contributed by atoms with Gasteiger partial charge in [0.15, 0.2) is 0 Å². The van der Waals surface area contributed by atoms with Crippen molar-refractivity contribution < 1.29 is 4.79 Å². The molecular formula is C15H31N3O. The van der Waals surface area contributed by atoms with Crippen molar-refractivity contribution in [2.75, 3.05) is 32.7 Å². The molecule has 1 atom stereocenters. The Balaban J connectivity index is 2.20. The van der Waals surface area contributed by atoms with Gasteiger partial charge in [0.1, 0.15) is 0 Å². The second kappa shape index (κ2) is 9.32. The van der Waals surface area contributed by atoms with Crippen molar-refractivity contribution in [2.45, 2.75) is 58.4 Å². The second-order valence-corrected chi connectivity index (χ2v) is 5.46. The Morgan fingerprint density at radius 3 is 2.53 bits per heavy atom. The molecular weight excluding hydrogens is 238 g/mol. The van der Waals surface area contributed by atoms with Crippen LogP contribution in [0.2, 0.25) is 0 Å². The van der Waals surface area contributed by atoms with Gasteiger partial charge in [-0.3, -0.25) is 9.69 Å². The number of carbonyl (C=O) groups excluding carboxylic acids is 1. The Kier molecular flexibility index (Phi) is 8.07. The maximum Gasteiger partial charge on any atom is 0.222 e. The van der Waals surface area contributed by atoms with Gasteiger partial charge < -0.3 is 10.6 Å². The number of likely N-dealkylation sites (tertiary alicyclic amines) is 1. The van der Waals surface area contributed by atoms with E-state index in [1.54, 1.807) is 0 Å². The van der Waals surface area contributed by atoms with Crippen molar-refractivity contribution in [3.05, 3.63) is 0 Å². The lowest BCUT2D eigenvalue weighted by molar-refractivity contribution is -0.130. The van der Waals surface area contributed by atoms with E-state index in [0.29, 0.717) is 11.9 Å². The van der Waals surface area contributed by atoms with Gasteiger partial charge >= 0.3 is 0 Å². The van der Waals surface area contributed by atoms with Crippen molar-refractivity contribution in [2.24, 2.45) is 5.73 Å². The lowest BCUT2D eigenvalue weighted by Crippen LogP contribution is -2.38. The summed E-state index contributed by atoms with van der Waals surface area (Å²) < 4.78 is 0. The molecule has 1 aliphatic rings. The molecule has 1 rings (SSSR count). The molecule has 0 aliphatic carbocycles. The highest BCUT2D eigenvalue weighted by Crippen LogP contribution is 2.17. The maximum absolute atomic E-state index is 12.1. The average Bonchev–Trinajstić information content (AvgIpc) is 2.89. The highest BCUT2D eigenvalue weighted by Gasteiger charge is 2.28. The third-order valence-corrected chi connectivity index (χ3v) is 4.19. The summed E-state index contributed by atoms with van der Waals surface area (Å²) in [7, 11) is 0. The molecule has 112 valence electrons. The Bertz CT molecular complexity index is 254. The fraction of sp³-hybridized carbons (Fsp3) is 0.933. The van der Waals surface area contributed by atoms with Crippen LogP contribution in [0.4, 0.5) is 0 Å². The number of nitrogens with two attached hydrogens (primary N) is 1. The summed E-state index contributed by atoms with van der Waals surface area (Å²) >= 11 is 0. The van der Waals surface area contributed by atoms with E-state index in [1.165, 1.54) is 0 Å². The van der Waals surface area contributed by atoms with Crippen LogP contribution in [0.5, 0.6) is 0 Å². The molecule has 0 aromatic heterocycles. The van der Waals surface area contributed by atoms with Gasteiger partial charge in [0, 0.05) is 25.6 Å². The van der Waals surface area contributed by atoms with Crippen LogP contribution in [-0.2, 0) is 4.79 Å². The van der Waals surface area contributed by atoms with E-state index >= 15 is 0 Å². The molecule has 0 aromatic carbocycles. The maximum atomic E-state index is 12.1. The van der Waals surface area contributed by atoms with Gasteiger partial charge in [0.25, 0.3) is 0 Å². The van der Waals surface area contributed by atoms with Crippen LogP contribution in [0, 0.1) is 0 Å². The summed E-state index contributed by atoms with van der Waals surface area (Å²) in [5.74, 6) is 0.349. The summed E-state index contributed by atoms with van der Waals surface area (Å²) in [6.07, 6.45) is 6.26. The van der Waals surface area contributed by atoms with Gasteiger partial charge in [-0.05, 0) is 38.9 Å². The number of nitrogens with zero attached hydrogens (tertiary/aromatic N) is 2. The zero-order valence-corrected chi connectivity index (χ0v) is 12.7. The molecule has 0 bridgehead atoms. The van der Waals surface area contributed by atoms with Crippen molar-refractivity contribution >= 4 is 5.91 Å². The minimum absolute atomic E-state index is 0.349. The molecule has 2 N–H and O–H groups in total. The Labute approximate surface area is 118 Å². The molecule has 1 fully saturated rings. The number of rotatable bonds is 9. The molecule has 1 heterocycles. The SMILES string of the molecule is CCN(CC)C1CCN(C(=O)CCCCCCN)C1. The molecule has 0 aromatic rings. The highest BCUT2D eigenvalue weighted by molar-refractivity contribution is 5.76. The average molecular weight is 269 g/mol. The first-order valence-corrected chi connectivity index (χ1v) is 7.94. The van der Waals surface area contributed by atoms with Gasteiger partial charge in [-0.15, -0.1) is 0 Å². The largest absolute Gasteiger partial charge is 0.341 e. The number of unbranched alkanes of at least 4 members (excludes halogenated alkanes) is 3. The van der Waals surface area contributed by atoms with Crippen molar-refractivity contribution in [1.82, 2.24) is 9.80 Å². The van der Waals surface area contributed by atoms with Crippen molar-refractivity contribution in [3.63, 3.8) is 0 Å². The first kappa shape index (κ1) is 16.4. The van der Waals surface area contributed by atoms with E-state index in [2.05, 4.69) is 23.6 Å². The molecule has 0 radical (unpaired) electrons. The van der Waals surface area contributed by atoms with Crippen LogP contribution in [0.25, 0.3) is 0 Å². The van der Waals surface area contributed by atoms with Crippen LogP contribution in [0.1, 0.15) is 52.4 Å². The molecule has 0 spiro atoms. The van der Waals surface area contributed by atoms with E-state index < -0.39 is 0 Å². The molecule has 1 amide bonds. The quantitative estimate of drug-likeness (QED) is 0.650. The van der Waals surface area contributed by atoms with Crippen molar-refractivity contribution in [1.29, 1.82) is 0 Å². The minimum atomic E-state index is 0.349. The highest BCUT2D eigenvalue weighted by atomic mass is 16.2. The van der Waals surface area contributed by atoms with Gasteiger partial charge in [-0.2, -0.15) is 0 Å². The molecule has 1 unspecified atom stereocenters. The summed E-state index contributed by atoms with van der Waals surface area (Å²) in [6.45, 7) is 9.22. The minimum Gasteiger partial charge on any atom is -0.341 e. The van der Waals surface area contributed by atoms with Crippen LogP contribution in [0.15, 0.2) is 0 Å². The third-order valence-electron chi connectivity index (χ3n) is 4.19. The zero-order valence-electron chi connectivity index (χ0n) is 12.7. The predicted molar refractivity (Wildman–Crippen MR) is 80.0 cm³/mol. The Morgan fingerprint density at radius 1 is 1.21 bits per heavy atom. The van der Waals surface area contributed by atoms with E-state index in [9.17, 15) is 4.79 Å². The normalized spacial score (nSPS) is 19.4. The number of hydrogen-bond donors (Lipinski definition) is 1. The molecule has 1 aliphatic heterocycles. The summed E-state index contributed by atoms with van der Waals surface area (Å²) in [6, 6.07) is 0.580. The van der Waals surface area contributed by atoms with Gasteiger partial charge in [-0.25, -0.2) is 0 Å². The van der Waals surface area contributed by atoms with E-state index in [0.717, 1.165) is 71.2 Å². The van der Waals surface area contributed by atoms with Crippen LogP contribution in [-0.4, -0.2) is 54.5 Å². The van der Waals surface area contributed by atoms with Crippen LogP contribution >= 0.6 is 0 Å². The summed E-state index contributed by atoms with van der Waals surface area (Å²) in [5, 5.41) is 0. The molecule has 4 heteroatoms. The van der Waals surface area contributed by atoms with Gasteiger partial charge in [0.05, 0.1) is 0 Å². The van der Waals surface area contributed by atoms with E-state index in [4.69, 9.17) is 5.73 Å². The fourth-order valence-corrected chi connectivity index (χ4v) is 2.94. The van der Waals surface area contributed by atoms with Gasteiger partial charge in [-0.1, -0.05) is 26.7 Å². The van der Waals surface area contributed by atoms with E-state index in [1.807, 2.05) is 0 Å². The first-order chi connectivity index (χ1) is 9.22. The number of hydrogen-bond acceptors (Lipinski definition) is 3. The summed E-state index contributed by atoms with van der Waals surface area (Å²) in [4.78, 5) is 16.6. The number of carbonyl (C=O) groups is 1. The van der Waals surface area contributed by atoms with Gasteiger partial charge in [0.2, 0.25) is 5.91 Å². The molecule has 0 saturated carbocycles. The lowest BCUT2D eigenvalue weighted by atomic mass is 10.1. The monoisotopic (exact) mass is 269 g/mol. The summed E-state index contributed by atoms with van der Waals surface area (Å²) in [5.41, 5.74) is 5.46. The topological polar surface area (TPSA) is 49.6 Å². The smallest absolute Gasteiger partial charge is 0.222 e. The zero-order chi connectivity index (χ0) is 14.1. The standard InChI is InChI=1S/C15H31N3O/c1-3-17(4-2)14-10-12-18(13-14)15(19)9-7-5-6-8-11-16/h14H,3-13,16H2,1-2H3. The van der Waals surface area contributed by atoms with Crippen molar-refractivity contribution in [3.8, 4) is 0 Å². The van der Waals surface area contributed by atoms with E-state index in [-0.39, 0.29) is 0 Å².